The highest BCUT2D eigenvalue weighted by Crippen LogP contribution is 2.50. The van der Waals surface area contributed by atoms with Crippen molar-refractivity contribution in [3.8, 4) is 0 Å². The molecule has 0 radical (unpaired) electrons. The van der Waals surface area contributed by atoms with Gasteiger partial charge in [0.2, 0.25) is 0 Å². The van der Waals surface area contributed by atoms with Crippen molar-refractivity contribution in [2.24, 2.45) is 16.3 Å². The van der Waals surface area contributed by atoms with Crippen LogP contribution in [0.4, 0.5) is 0 Å². The number of rotatable bonds is 11. The van der Waals surface area contributed by atoms with Gasteiger partial charge in [-0.1, -0.05) is 82.3 Å². The molecule has 1 aliphatic carbocycles. The Morgan fingerprint density at radius 1 is 1.07 bits per heavy atom. The summed E-state index contributed by atoms with van der Waals surface area (Å²) in [5.41, 5.74) is 1.91. The van der Waals surface area contributed by atoms with Gasteiger partial charge in [0.1, 0.15) is 11.4 Å². The molecule has 1 heterocycles. The molecule has 0 saturated heterocycles. The van der Waals surface area contributed by atoms with Gasteiger partial charge >= 0.3 is 5.97 Å². The molecule has 7 nitrogen and oxygen atoms in total. The van der Waals surface area contributed by atoms with Gasteiger partial charge in [-0.05, 0) is 79.3 Å². The number of aliphatic imine (C=N–C) groups is 1. The molecule has 232 valence electrons. The maximum Gasteiger partial charge on any atom is 0.305 e. The molecule has 2 aliphatic rings. The summed E-state index contributed by atoms with van der Waals surface area (Å²) >= 11 is 12.7. The van der Waals surface area contributed by atoms with E-state index < -0.39 is 11.6 Å². The fourth-order valence-electron chi connectivity index (χ4n) is 6.50. The molecule has 9 heteroatoms. The molecule has 4 rings (SSSR count). The van der Waals surface area contributed by atoms with E-state index in [2.05, 4.69) is 33.0 Å². The molecule has 2 amide bonds. The molecule has 2 N–H and O–H groups in total. The average molecular weight is 629 g/mol. The minimum atomic E-state index is -0.965. The summed E-state index contributed by atoms with van der Waals surface area (Å²) in [5.74, 6) is -0.877. The number of carboxylic acids is 1. The number of unbranched alkanes of at least 4 members (excludes halogenated alkanes) is 2. The third-order valence-electron chi connectivity index (χ3n) is 8.91. The summed E-state index contributed by atoms with van der Waals surface area (Å²) in [7, 11) is 0. The van der Waals surface area contributed by atoms with Gasteiger partial charge in [0.25, 0.3) is 11.8 Å². The van der Waals surface area contributed by atoms with E-state index in [1.54, 1.807) is 30.3 Å². The molecular weight excluding hydrogens is 585 g/mol. The van der Waals surface area contributed by atoms with Gasteiger partial charge in [-0.25, -0.2) is 0 Å². The average Bonchev–Trinajstić information content (AvgIpc) is 3.21. The number of carboxylic acid groups (broad SMARTS) is 1. The molecule has 0 unspecified atom stereocenters. The normalized spacial score (nSPS) is 21.2. The Labute approximate surface area is 265 Å². The van der Waals surface area contributed by atoms with Gasteiger partial charge in [-0.3, -0.25) is 19.4 Å². The maximum atomic E-state index is 14.5. The Morgan fingerprint density at radius 3 is 2.26 bits per heavy atom. The third kappa shape index (κ3) is 7.79. The lowest BCUT2D eigenvalue weighted by Gasteiger charge is -2.47. The Bertz CT molecular complexity index is 1340. The van der Waals surface area contributed by atoms with E-state index in [0.29, 0.717) is 32.8 Å². The maximum absolute atomic E-state index is 14.5. The highest BCUT2D eigenvalue weighted by molar-refractivity contribution is 6.47. The van der Waals surface area contributed by atoms with E-state index in [-0.39, 0.29) is 36.2 Å². The predicted molar refractivity (Wildman–Crippen MR) is 172 cm³/mol. The fourth-order valence-corrected chi connectivity index (χ4v) is 7.02. The van der Waals surface area contributed by atoms with Crippen LogP contribution in [0.2, 0.25) is 10.0 Å². The van der Waals surface area contributed by atoms with Gasteiger partial charge in [-0.2, -0.15) is 0 Å². The predicted octanol–water partition coefficient (Wildman–Crippen LogP) is 8.08. The molecule has 43 heavy (non-hydrogen) atoms. The zero-order chi connectivity index (χ0) is 31.4. The Morgan fingerprint density at radius 2 is 1.70 bits per heavy atom. The Kier molecular flexibility index (Phi) is 10.6. The molecule has 2 aromatic rings. The number of hydrogen-bond donors (Lipinski definition) is 2. The van der Waals surface area contributed by atoms with Crippen LogP contribution in [0.5, 0.6) is 0 Å². The first-order chi connectivity index (χ1) is 20.3. The largest absolute Gasteiger partial charge is 0.481 e. The molecule has 2 aromatic carbocycles. The number of halogens is 2. The number of carbonyl (C=O) groups is 3. The topological polar surface area (TPSA) is 99.1 Å². The number of nitrogens with zero attached hydrogens (tertiary/aromatic N) is 2. The first kappa shape index (κ1) is 33.0. The van der Waals surface area contributed by atoms with E-state index in [4.69, 9.17) is 33.3 Å². The molecule has 1 spiro atoms. The second kappa shape index (κ2) is 13.8. The quantitative estimate of drug-likeness (QED) is 0.246. The van der Waals surface area contributed by atoms with Crippen LogP contribution >= 0.6 is 23.2 Å². The number of carbonyl (C=O) groups excluding carboxylic acids is 2. The zero-order valence-corrected chi connectivity index (χ0v) is 27.1. The molecule has 1 fully saturated rings. The smallest absolute Gasteiger partial charge is 0.305 e. The summed E-state index contributed by atoms with van der Waals surface area (Å²) < 4.78 is 0. The number of benzene rings is 2. The van der Waals surface area contributed by atoms with E-state index in [9.17, 15) is 14.4 Å². The van der Waals surface area contributed by atoms with Crippen molar-refractivity contribution in [2.75, 3.05) is 6.54 Å². The van der Waals surface area contributed by atoms with Crippen LogP contribution in [0.15, 0.2) is 47.5 Å². The number of nitrogens with one attached hydrogen (secondary N) is 1. The number of aliphatic carboxylic acids is 1. The second-order valence-corrected chi connectivity index (χ2v) is 13.8. The summed E-state index contributed by atoms with van der Waals surface area (Å²) in [6.45, 7) is 9.06. The Hall–Kier alpha value is -2.90. The summed E-state index contributed by atoms with van der Waals surface area (Å²) in [5, 5.41) is 12.4. The van der Waals surface area contributed by atoms with Crippen molar-refractivity contribution < 1.29 is 19.5 Å². The van der Waals surface area contributed by atoms with Crippen LogP contribution in [0.3, 0.4) is 0 Å². The minimum Gasteiger partial charge on any atom is -0.481 e. The zero-order valence-electron chi connectivity index (χ0n) is 25.6. The molecule has 0 bridgehead atoms. The lowest BCUT2D eigenvalue weighted by Crippen LogP contribution is -2.51. The van der Waals surface area contributed by atoms with Crippen LogP contribution in [0.25, 0.3) is 0 Å². The van der Waals surface area contributed by atoms with Crippen LogP contribution in [0, 0.1) is 11.3 Å². The van der Waals surface area contributed by atoms with Gasteiger partial charge in [-0.15, -0.1) is 0 Å². The van der Waals surface area contributed by atoms with E-state index in [0.717, 1.165) is 56.9 Å². The van der Waals surface area contributed by atoms with Gasteiger partial charge in [0.15, 0.2) is 0 Å². The van der Waals surface area contributed by atoms with E-state index >= 15 is 0 Å². The molecule has 1 saturated carbocycles. The minimum absolute atomic E-state index is 0.0591. The van der Waals surface area contributed by atoms with Crippen LogP contribution in [0.1, 0.15) is 113 Å². The van der Waals surface area contributed by atoms with Crippen molar-refractivity contribution in [3.63, 3.8) is 0 Å². The van der Waals surface area contributed by atoms with Gasteiger partial charge < -0.3 is 15.3 Å². The standard InChI is InChI=1S/C34H43Cl2N3O4/c1-5-6-7-8-28(22-9-11-23(12-10-22)31(42)37-18-15-29(40)41)39-32(43)30(24-19-26(35)21-27(36)20-24)38-34(39)16-13-25(14-17-34)33(2,3)4/h9-12,19-21,25,28H,5-8,13-18H2,1-4H3,(H,37,42)(H,40,41)/t25?,28-,34?/m1/s1. The Balaban J connectivity index is 1.71. The van der Waals surface area contributed by atoms with Crippen molar-refractivity contribution in [1.82, 2.24) is 10.2 Å². The highest BCUT2D eigenvalue weighted by atomic mass is 35.5. The van der Waals surface area contributed by atoms with Crippen molar-refractivity contribution >= 4 is 46.7 Å². The fraction of sp³-hybridized carbons (Fsp3) is 0.529. The third-order valence-corrected chi connectivity index (χ3v) is 9.35. The van der Waals surface area contributed by atoms with Gasteiger partial charge in [0, 0.05) is 27.7 Å². The summed E-state index contributed by atoms with van der Waals surface area (Å²) in [6, 6.07) is 12.3. The van der Waals surface area contributed by atoms with Crippen molar-refractivity contribution in [3.05, 3.63) is 69.2 Å². The van der Waals surface area contributed by atoms with Gasteiger partial charge in [0.05, 0.1) is 12.5 Å². The number of hydrogen-bond acceptors (Lipinski definition) is 4. The molecular formula is C34H43Cl2N3O4. The highest BCUT2D eigenvalue weighted by Gasteiger charge is 2.52. The first-order valence-electron chi connectivity index (χ1n) is 15.3. The number of amides is 2. The van der Waals surface area contributed by atoms with E-state index in [1.807, 2.05) is 17.0 Å². The van der Waals surface area contributed by atoms with Crippen LogP contribution < -0.4 is 5.32 Å². The molecule has 1 aliphatic heterocycles. The van der Waals surface area contributed by atoms with Crippen molar-refractivity contribution in [1.29, 1.82) is 0 Å². The lowest BCUT2D eigenvalue weighted by molar-refractivity contribution is -0.137. The lowest BCUT2D eigenvalue weighted by atomic mass is 9.69. The molecule has 0 aromatic heterocycles. The summed E-state index contributed by atoms with van der Waals surface area (Å²) in [6.07, 6.45) is 7.15. The van der Waals surface area contributed by atoms with E-state index in [1.165, 1.54) is 0 Å². The molecule has 1 atom stereocenters. The monoisotopic (exact) mass is 627 g/mol. The van der Waals surface area contributed by atoms with Crippen LogP contribution in [-0.4, -0.2) is 45.7 Å². The SMILES string of the molecule is CCCCC[C@H](c1ccc(C(=O)NCCC(=O)O)cc1)N1C(=O)C(c2cc(Cl)cc(Cl)c2)=NC12CCC(C(C)(C)C)CC2. The first-order valence-corrected chi connectivity index (χ1v) is 16.1. The van der Waals surface area contributed by atoms with Crippen molar-refractivity contribution in [2.45, 2.75) is 97.2 Å². The second-order valence-electron chi connectivity index (χ2n) is 12.9. The van der Waals surface area contributed by atoms with Crippen LogP contribution in [-0.2, 0) is 9.59 Å². The summed E-state index contributed by atoms with van der Waals surface area (Å²) in [4.78, 5) is 45.2.